The van der Waals surface area contributed by atoms with E-state index < -0.39 is 11.8 Å². The van der Waals surface area contributed by atoms with E-state index >= 15 is 0 Å². The highest BCUT2D eigenvalue weighted by atomic mass is 16.2. The molecule has 0 spiro atoms. The van der Waals surface area contributed by atoms with Crippen molar-refractivity contribution in [2.24, 2.45) is 0 Å². The number of nitrogens with zero attached hydrogens (tertiary/aromatic N) is 1. The van der Waals surface area contributed by atoms with Gasteiger partial charge in [-0.3, -0.25) is 9.59 Å². The molecule has 2 rings (SSSR count). The normalized spacial score (nSPS) is 18.4. The molecule has 0 saturated carbocycles. The van der Waals surface area contributed by atoms with Crippen molar-refractivity contribution >= 4 is 23.2 Å². The van der Waals surface area contributed by atoms with Gasteiger partial charge in [-0.2, -0.15) is 0 Å². The van der Waals surface area contributed by atoms with Crippen molar-refractivity contribution in [1.82, 2.24) is 4.90 Å². The van der Waals surface area contributed by atoms with Crippen LogP contribution in [-0.2, 0) is 9.59 Å². The number of benzene rings is 1. The standard InChI is InChI=1S/C16H23N3O2/c1-3-12-6-4-5-9-19(12)16(21)15(20)18-14-8-7-11(2)10-13(14)17/h7-8,10,12H,3-6,9,17H2,1-2H3,(H,18,20). The summed E-state index contributed by atoms with van der Waals surface area (Å²) in [4.78, 5) is 26.2. The van der Waals surface area contributed by atoms with E-state index in [0.29, 0.717) is 17.9 Å². The van der Waals surface area contributed by atoms with Gasteiger partial charge in [0, 0.05) is 12.6 Å². The highest BCUT2D eigenvalue weighted by Crippen LogP contribution is 2.22. The Morgan fingerprint density at radius 3 is 2.81 bits per heavy atom. The Labute approximate surface area is 125 Å². The van der Waals surface area contributed by atoms with Gasteiger partial charge in [0.15, 0.2) is 0 Å². The first-order valence-corrected chi connectivity index (χ1v) is 7.51. The number of amides is 2. The van der Waals surface area contributed by atoms with Crippen LogP contribution in [0.15, 0.2) is 18.2 Å². The molecule has 0 aromatic heterocycles. The predicted molar refractivity (Wildman–Crippen MR) is 83.9 cm³/mol. The fourth-order valence-electron chi connectivity index (χ4n) is 2.79. The molecule has 1 aromatic rings. The van der Waals surface area contributed by atoms with Gasteiger partial charge < -0.3 is 16.0 Å². The summed E-state index contributed by atoms with van der Waals surface area (Å²) in [6.07, 6.45) is 3.94. The van der Waals surface area contributed by atoms with E-state index in [1.807, 2.05) is 19.9 Å². The van der Waals surface area contributed by atoms with Gasteiger partial charge in [-0.1, -0.05) is 13.0 Å². The number of nitrogens with one attached hydrogen (secondary N) is 1. The summed E-state index contributed by atoms with van der Waals surface area (Å²) < 4.78 is 0. The van der Waals surface area contributed by atoms with Crippen LogP contribution in [0.1, 0.15) is 38.2 Å². The van der Waals surface area contributed by atoms with Crippen LogP contribution in [-0.4, -0.2) is 29.3 Å². The van der Waals surface area contributed by atoms with Gasteiger partial charge in [0.05, 0.1) is 11.4 Å². The van der Waals surface area contributed by atoms with Crippen LogP contribution < -0.4 is 11.1 Å². The zero-order chi connectivity index (χ0) is 15.4. The molecule has 1 unspecified atom stereocenters. The minimum Gasteiger partial charge on any atom is -0.397 e. The molecule has 1 aromatic carbocycles. The molecule has 5 nitrogen and oxygen atoms in total. The number of carbonyl (C=O) groups excluding carboxylic acids is 2. The van der Waals surface area contributed by atoms with Gasteiger partial charge >= 0.3 is 11.8 Å². The second kappa shape index (κ2) is 6.61. The van der Waals surface area contributed by atoms with E-state index in [4.69, 9.17) is 5.73 Å². The smallest absolute Gasteiger partial charge is 0.313 e. The summed E-state index contributed by atoms with van der Waals surface area (Å²) in [6, 6.07) is 5.53. The Balaban J connectivity index is 2.06. The maximum absolute atomic E-state index is 12.3. The van der Waals surface area contributed by atoms with E-state index in [0.717, 1.165) is 31.2 Å². The minimum atomic E-state index is -0.606. The molecule has 1 saturated heterocycles. The SMILES string of the molecule is CCC1CCCCN1C(=O)C(=O)Nc1ccc(C)cc1N. The van der Waals surface area contributed by atoms with Crippen molar-refractivity contribution in [2.45, 2.75) is 45.6 Å². The molecular formula is C16H23N3O2. The summed E-state index contributed by atoms with van der Waals surface area (Å²) in [5, 5.41) is 2.62. The van der Waals surface area contributed by atoms with Gasteiger partial charge in [0.25, 0.3) is 0 Å². The van der Waals surface area contributed by atoms with Crippen LogP contribution in [0.2, 0.25) is 0 Å². The molecule has 1 aliphatic heterocycles. The van der Waals surface area contributed by atoms with Gasteiger partial charge in [0.1, 0.15) is 0 Å². The highest BCUT2D eigenvalue weighted by molar-refractivity contribution is 6.39. The summed E-state index contributed by atoms with van der Waals surface area (Å²) >= 11 is 0. The molecule has 1 aliphatic rings. The number of nitrogens with two attached hydrogens (primary N) is 1. The number of aryl methyl sites for hydroxylation is 1. The third-order valence-corrected chi connectivity index (χ3v) is 4.01. The minimum absolute atomic E-state index is 0.173. The van der Waals surface area contributed by atoms with Crippen LogP contribution in [0.4, 0.5) is 11.4 Å². The van der Waals surface area contributed by atoms with Gasteiger partial charge in [-0.25, -0.2) is 0 Å². The first-order chi connectivity index (χ1) is 10.0. The lowest BCUT2D eigenvalue weighted by molar-refractivity contribution is -0.145. The average Bonchev–Trinajstić information content (AvgIpc) is 2.49. The lowest BCUT2D eigenvalue weighted by Gasteiger charge is -2.34. The van der Waals surface area contributed by atoms with Crippen LogP contribution in [0.5, 0.6) is 0 Å². The Kier molecular flexibility index (Phi) is 4.83. The molecule has 2 amide bonds. The third-order valence-electron chi connectivity index (χ3n) is 4.01. The highest BCUT2D eigenvalue weighted by Gasteiger charge is 2.29. The van der Waals surface area contributed by atoms with E-state index in [9.17, 15) is 9.59 Å². The maximum Gasteiger partial charge on any atom is 0.313 e. The number of nitrogen functional groups attached to an aromatic ring is 1. The number of hydrogen-bond acceptors (Lipinski definition) is 3. The number of rotatable bonds is 2. The monoisotopic (exact) mass is 289 g/mol. The number of likely N-dealkylation sites (tertiary alicyclic amines) is 1. The fraction of sp³-hybridized carbons (Fsp3) is 0.500. The van der Waals surface area contributed by atoms with Crippen LogP contribution in [0.3, 0.4) is 0 Å². The molecule has 1 fully saturated rings. The quantitative estimate of drug-likeness (QED) is 0.648. The van der Waals surface area contributed by atoms with Gasteiger partial charge in [0.2, 0.25) is 0 Å². The molecule has 21 heavy (non-hydrogen) atoms. The van der Waals surface area contributed by atoms with Crippen LogP contribution in [0, 0.1) is 6.92 Å². The molecule has 0 bridgehead atoms. The second-order valence-corrected chi connectivity index (χ2v) is 5.60. The largest absolute Gasteiger partial charge is 0.397 e. The van der Waals surface area contributed by atoms with Crippen molar-refractivity contribution in [3.05, 3.63) is 23.8 Å². The van der Waals surface area contributed by atoms with Crippen molar-refractivity contribution < 1.29 is 9.59 Å². The first-order valence-electron chi connectivity index (χ1n) is 7.51. The van der Waals surface area contributed by atoms with Crippen molar-refractivity contribution in [1.29, 1.82) is 0 Å². The summed E-state index contributed by atoms with van der Waals surface area (Å²) in [7, 11) is 0. The molecular weight excluding hydrogens is 266 g/mol. The summed E-state index contributed by atoms with van der Waals surface area (Å²) in [6.45, 7) is 4.63. The van der Waals surface area contributed by atoms with E-state index in [1.54, 1.807) is 17.0 Å². The van der Waals surface area contributed by atoms with Gasteiger partial charge in [-0.05, 0) is 50.3 Å². The number of carbonyl (C=O) groups is 2. The topological polar surface area (TPSA) is 75.4 Å². The number of piperidine rings is 1. The lowest BCUT2D eigenvalue weighted by atomic mass is 10.00. The Hall–Kier alpha value is -2.04. The predicted octanol–water partition coefficient (Wildman–Crippen LogP) is 2.31. The molecule has 0 radical (unpaired) electrons. The Morgan fingerprint density at radius 2 is 2.14 bits per heavy atom. The number of hydrogen-bond donors (Lipinski definition) is 2. The molecule has 1 atom stereocenters. The first kappa shape index (κ1) is 15.4. The average molecular weight is 289 g/mol. The molecule has 114 valence electrons. The maximum atomic E-state index is 12.3. The molecule has 0 aliphatic carbocycles. The third kappa shape index (κ3) is 3.54. The zero-order valence-electron chi connectivity index (χ0n) is 12.7. The van der Waals surface area contributed by atoms with E-state index in [1.165, 1.54) is 0 Å². The second-order valence-electron chi connectivity index (χ2n) is 5.60. The Bertz CT molecular complexity index is 542. The molecule has 5 heteroatoms. The van der Waals surface area contributed by atoms with Crippen molar-refractivity contribution in [3.8, 4) is 0 Å². The molecule has 3 N–H and O–H groups in total. The number of anilines is 2. The Morgan fingerprint density at radius 1 is 1.38 bits per heavy atom. The molecule has 1 heterocycles. The van der Waals surface area contributed by atoms with Gasteiger partial charge in [-0.15, -0.1) is 0 Å². The van der Waals surface area contributed by atoms with Crippen LogP contribution in [0.25, 0.3) is 0 Å². The van der Waals surface area contributed by atoms with E-state index in [-0.39, 0.29) is 6.04 Å². The van der Waals surface area contributed by atoms with Crippen LogP contribution >= 0.6 is 0 Å². The van der Waals surface area contributed by atoms with Crippen molar-refractivity contribution in [3.63, 3.8) is 0 Å². The zero-order valence-corrected chi connectivity index (χ0v) is 12.7. The lowest BCUT2D eigenvalue weighted by Crippen LogP contribution is -2.48. The summed E-state index contributed by atoms with van der Waals surface area (Å²) in [5.41, 5.74) is 7.84. The summed E-state index contributed by atoms with van der Waals surface area (Å²) in [5.74, 6) is -1.06. The van der Waals surface area contributed by atoms with E-state index in [2.05, 4.69) is 5.32 Å². The van der Waals surface area contributed by atoms with Crippen molar-refractivity contribution in [2.75, 3.05) is 17.6 Å². The fourth-order valence-corrected chi connectivity index (χ4v) is 2.79.